The van der Waals surface area contributed by atoms with Crippen molar-refractivity contribution in [3.8, 4) is 0 Å². The number of benzene rings is 1. The van der Waals surface area contributed by atoms with Gasteiger partial charge in [-0.2, -0.15) is 0 Å². The third-order valence-corrected chi connectivity index (χ3v) is 2.55. The number of nitrogens with one attached hydrogen (secondary N) is 1. The van der Waals surface area contributed by atoms with Gasteiger partial charge >= 0.3 is 0 Å². The fraction of sp³-hybridized carbons (Fsp3) is 0.462. The fourth-order valence-corrected chi connectivity index (χ4v) is 1.59. The fourth-order valence-electron chi connectivity index (χ4n) is 1.59. The summed E-state index contributed by atoms with van der Waals surface area (Å²) in [6.07, 6.45) is 0.923. The number of anilines is 1. The Morgan fingerprint density at radius 2 is 2.06 bits per heavy atom. The number of likely N-dealkylation sites (N-methyl/N-ethyl adjacent to an activating group) is 1. The normalized spacial score (nSPS) is 10.5. The number of amides is 1. The number of nitrogens with two attached hydrogens (primary N) is 1. The maximum absolute atomic E-state index is 11.8. The Labute approximate surface area is 103 Å². The van der Waals surface area contributed by atoms with Gasteiger partial charge < -0.3 is 11.1 Å². The highest BCUT2D eigenvalue weighted by Crippen LogP contribution is 2.04. The Bertz CT molecular complexity index is 327. The van der Waals surface area contributed by atoms with E-state index >= 15 is 0 Å². The molecular weight excluding hydrogens is 214 g/mol. The van der Waals surface area contributed by atoms with Crippen molar-refractivity contribution in [1.82, 2.24) is 4.90 Å². The van der Waals surface area contributed by atoms with Crippen molar-refractivity contribution in [2.75, 3.05) is 31.5 Å². The third-order valence-electron chi connectivity index (χ3n) is 2.55. The lowest BCUT2D eigenvalue weighted by Crippen LogP contribution is -2.34. The van der Waals surface area contributed by atoms with Gasteiger partial charge in [-0.1, -0.05) is 25.1 Å². The topological polar surface area (TPSA) is 58.4 Å². The molecule has 1 amide bonds. The van der Waals surface area contributed by atoms with E-state index in [0.29, 0.717) is 13.1 Å². The Balaban J connectivity index is 2.37. The third kappa shape index (κ3) is 5.47. The maximum Gasteiger partial charge on any atom is 0.238 e. The first-order chi connectivity index (χ1) is 8.26. The lowest BCUT2D eigenvalue weighted by atomic mass is 10.3. The van der Waals surface area contributed by atoms with Crippen molar-refractivity contribution in [3.05, 3.63) is 30.3 Å². The number of rotatable bonds is 7. The van der Waals surface area contributed by atoms with Crippen LogP contribution in [0.25, 0.3) is 0 Å². The first-order valence-corrected chi connectivity index (χ1v) is 6.03. The minimum absolute atomic E-state index is 0.0232. The lowest BCUT2D eigenvalue weighted by molar-refractivity contribution is -0.117. The lowest BCUT2D eigenvalue weighted by Gasteiger charge is -2.19. The first kappa shape index (κ1) is 13.7. The molecule has 4 nitrogen and oxygen atoms in total. The highest BCUT2D eigenvalue weighted by atomic mass is 16.2. The van der Waals surface area contributed by atoms with Crippen molar-refractivity contribution < 1.29 is 4.79 Å². The zero-order valence-corrected chi connectivity index (χ0v) is 10.4. The number of carbonyl (C=O) groups excluding carboxylic acids is 1. The SMILES string of the molecule is CCN(CCCN)CC(=O)Nc1ccccc1. The molecule has 1 rings (SSSR count). The number of hydrogen-bond donors (Lipinski definition) is 2. The molecule has 0 atom stereocenters. The monoisotopic (exact) mass is 235 g/mol. The summed E-state index contributed by atoms with van der Waals surface area (Å²) in [6, 6.07) is 9.50. The van der Waals surface area contributed by atoms with E-state index in [4.69, 9.17) is 5.73 Å². The molecule has 0 aromatic heterocycles. The average molecular weight is 235 g/mol. The average Bonchev–Trinajstić information content (AvgIpc) is 2.35. The molecule has 17 heavy (non-hydrogen) atoms. The smallest absolute Gasteiger partial charge is 0.238 e. The summed E-state index contributed by atoms with van der Waals surface area (Å²) in [5, 5.41) is 2.87. The number of para-hydroxylation sites is 1. The second-order valence-electron chi connectivity index (χ2n) is 3.93. The van der Waals surface area contributed by atoms with Crippen LogP contribution in [-0.4, -0.2) is 37.0 Å². The first-order valence-electron chi connectivity index (χ1n) is 6.03. The van der Waals surface area contributed by atoms with Gasteiger partial charge in [-0.25, -0.2) is 0 Å². The van der Waals surface area contributed by atoms with Crippen molar-refractivity contribution in [2.45, 2.75) is 13.3 Å². The van der Waals surface area contributed by atoms with E-state index in [-0.39, 0.29) is 5.91 Å². The molecule has 0 radical (unpaired) electrons. The van der Waals surface area contributed by atoms with E-state index < -0.39 is 0 Å². The van der Waals surface area contributed by atoms with Crippen LogP contribution < -0.4 is 11.1 Å². The highest BCUT2D eigenvalue weighted by molar-refractivity contribution is 5.92. The second-order valence-corrected chi connectivity index (χ2v) is 3.93. The summed E-state index contributed by atoms with van der Waals surface area (Å²) in [5.74, 6) is 0.0232. The molecule has 0 aliphatic rings. The Morgan fingerprint density at radius 3 is 2.65 bits per heavy atom. The van der Waals surface area contributed by atoms with Crippen LogP contribution in [0.1, 0.15) is 13.3 Å². The van der Waals surface area contributed by atoms with Crippen LogP contribution in [0.3, 0.4) is 0 Å². The summed E-state index contributed by atoms with van der Waals surface area (Å²) in [7, 11) is 0. The van der Waals surface area contributed by atoms with Gasteiger partial charge in [0.15, 0.2) is 0 Å². The van der Waals surface area contributed by atoms with Crippen molar-refractivity contribution in [3.63, 3.8) is 0 Å². The molecule has 0 unspecified atom stereocenters. The predicted molar refractivity (Wildman–Crippen MR) is 70.9 cm³/mol. The van der Waals surface area contributed by atoms with E-state index in [1.165, 1.54) is 0 Å². The summed E-state index contributed by atoms with van der Waals surface area (Å²) in [6.45, 7) is 4.87. The summed E-state index contributed by atoms with van der Waals surface area (Å²) >= 11 is 0. The van der Waals surface area contributed by atoms with E-state index in [0.717, 1.165) is 25.2 Å². The Kier molecular flexibility index (Phi) is 6.29. The largest absolute Gasteiger partial charge is 0.330 e. The van der Waals surface area contributed by atoms with Crippen molar-refractivity contribution >= 4 is 11.6 Å². The molecule has 0 spiro atoms. The number of hydrogen-bond acceptors (Lipinski definition) is 3. The van der Waals surface area contributed by atoms with Crippen LogP contribution in [0.15, 0.2) is 30.3 Å². The van der Waals surface area contributed by atoms with E-state index in [1.807, 2.05) is 37.3 Å². The summed E-state index contributed by atoms with van der Waals surface area (Å²) in [4.78, 5) is 13.8. The van der Waals surface area contributed by atoms with Crippen LogP contribution in [0.5, 0.6) is 0 Å². The van der Waals surface area contributed by atoms with Crippen LogP contribution in [0.2, 0.25) is 0 Å². The van der Waals surface area contributed by atoms with Gasteiger partial charge in [-0.3, -0.25) is 9.69 Å². The van der Waals surface area contributed by atoms with E-state index in [1.54, 1.807) is 0 Å². The van der Waals surface area contributed by atoms with Crippen LogP contribution in [0, 0.1) is 0 Å². The molecule has 0 aliphatic heterocycles. The molecule has 4 heteroatoms. The van der Waals surface area contributed by atoms with Gasteiger partial charge in [0.1, 0.15) is 0 Å². The quantitative estimate of drug-likeness (QED) is 0.749. The highest BCUT2D eigenvalue weighted by Gasteiger charge is 2.08. The van der Waals surface area contributed by atoms with Gasteiger partial charge in [0, 0.05) is 5.69 Å². The van der Waals surface area contributed by atoms with Gasteiger partial charge in [0.2, 0.25) is 5.91 Å². The van der Waals surface area contributed by atoms with Gasteiger partial charge in [-0.15, -0.1) is 0 Å². The van der Waals surface area contributed by atoms with Crippen molar-refractivity contribution in [2.24, 2.45) is 5.73 Å². The molecule has 0 saturated carbocycles. The standard InChI is InChI=1S/C13H21N3O/c1-2-16(10-6-9-14)11-13(17)15-12-7-4-3-5-8-12/h3-5,7-8H,2,6,9-11,14H2,1H3,(H,15,17). The van der Waals surface area contributed by atoms with E-state index in [9.17, 15) is 4.79 Å². The molecule has 0 fully saturated rings. The molecule has 3 N–H and O–H groups in total. The molecule has 94 valence electrons. The molecule has 0 saturated heterocycles. The molecule has 0 heterocycles. The minimum atomic E-state index is 0.0232. The number of nitrogens with zero attached hydrogens (tertiary/aromatic N) is 1. The Hall–Kier alpha value is -1.39. The molecular formula is C13H21N3O. The maximum atomic E-state index is 11.8. The molecule has 0 aliphatic carbocycles. The van der Waals surface area contributed by atoms with Crippen LogP contribution in [0.4, 0.5) is 5.69 Å². The molecule has 1 aromatic rings. The van der Waals surface area contributed by atoms with Crippen LogP contribution in [-0.2, 0) is 4.79 Å². The summed E-state index contributed by atoms with van der Waals surface area (Å²) in [5.41, 5.74) is 6.30. The van der Waals surface area contributed by atoms with Gasteiger partial charge in [-0.05, 0) is 38.2 Å². The Morgan fingerprint density at radius 1 is 1.35 bits per heavy atom. The summed E-state index contributed by atoms with van der Waals surface area (Å²) < 4.78 is 0. The van der Waals surface area contributed by atoms with Crippen molar-refractivity contribution in [1.29, 1.82) is 0 Å². The zero-order valence-electron chi connectivity index (χ0n) is 10.4. The van der Waals surface area contributed by atoms with E-state index in [2.05, 4.69) is 10.2 Å². The van der Waals surface area contributed by atoms with Gasteiger partial charge in [0.25, 0.3) is 0 Å². The zero-order chi connectivity index (χ0) is 12.5. The van der Waals surface area contributed by atoms with Crippen LogP contribution >= 0.6 is 0 Å². The second kappa shape index (κ2) is 7.81. The molecule has 0 bridgehead atoms. The molecule has 1 aromatic carbocycles. The minimum Gasteiger partial charge on any atom is -0.330 e. The predicted octanol–water partition coefficient (Wildman–Crippen LogP) is 1.30. The van der Waals surface area contributed by atoms with Gasteiger partial charge in [0.05, 0.1) is 6.54 Å². The number of carbonyl (C=O) groups is 1.